The number of ether oxygens (including phenoxy) is 3. The van der Waals surface area contributed by atoms with Crippen LogP contribution in [0.5, 0.6) is 11.5 Å². The number of nitrogens with zero attached hydrogens (tertiary/aromatic N) is 2. The molecule has 42 heavy (non-hydrogen) atoms. The van der Waals surface area contributed by atoms with E-state index in [4.69, 9.17) is 25.8 Å². The van der Waals surface area contributed by atoms with Crippen LogP contribution < -0.4 is 25.4 Å². The summed E-state index contributed by atoms with van der Waals surface area (Å²) in [6.45, 7) is 5.67. The molecule has 0 saturated heterocycles. The Morgan fingerprint density at radius 1 is 1.07 bits per heavy atom. The van der Waals surface area contributed by atoms with Crippen molar-refractivity contribution in [3.63, 3.8) is 0 Å². The van der Waals surface area contributed by atoms with E-state index in [0.717, 1.165) is 6.08 Å². The predicted octanol–water partition coefficient (Wildman–Crippen LogP) is 5.40. The summed E-state index contributed by atoms with van der Waals surface area (Å²) in [5.74, 6) is -0.0485. The van der Waals surface area contributed by atoms with E-state index in [-0.39, 0.29) is 19.0 Å². The molecule has 1 heterocycles. The molecule has 0 aliphatic heterocycles. The summed E-state index contributed by atoms with van der Waals surface area (Å²) >= 11 is 6.47. The summed E-state index contributed by atoms with van der Waals surface area (Å²) in [5, 5.41) is 9.47. The number of aromatic nitrogens is 2. The smallest absolute Gasteiger partial charge is 0.246 e. The molecule has 1 aromatic heterocycles. The summed E-state index contributed by atoms with van der Waals surface area (Å²) < 4.78 is 30.1. The van der Waals surface area contributed by atoms with E-state index < -0.39 is 17.9 Å². The minimum atomic E-state index is -0.841. The number of nitrogens with one attached hydrogen (secondary N) is 3. The first-order chi connectivity index (χ1) is 20.3. The molecular weight excluding hydrogens is 565 g/mol. The molecule has 12 heteroatoms. The van der Waals surface area contributed by atoms with Gasteiger partial charge in [0.2, 0.25) is 11.8 Å². The third-order valence-corrected chi connectivity index (χ3v) is 6.25. The lowest BCUT2D eigenvalue weighted by atomic mass is 10.1. The predicted molar refractivity (Wildman–Crippen MR) is 159 cm³/mol. The van der Waals surface area contributed by atoms with Crippen molar-refractivity contribution in [3.8, 4) is 11.5 Å². The molecule has 0 bridgehead atoms. The number of rotatable bonds is 13. The maximum Gasteiger partial charge on any atom is 0.246 e. The number of carbonyl (C=O) groups is 2. The molecule has 0 unspecified atom stereocenters. The molecule has 218 valence electrons. The monoisotopic (exact) mass is 593 g/mol. The average molecular weight is 594 g/mol. The van der Waals surface area contributed by atoms with Gasteiger partial charge in [0, 0.05) is 24.2 Å². The lowest BCUT2D eigenvalue weighted by Gasteiger charge is -2.17. The third kappa shape index (κ3) is 7.93. The van der Waals surface area contributed by atoms with Crippen LogP contribution >= 0.6 is 11.6 Å². The van der Waals surface area contributed by atoms with E-state index in [9.17, 15) is 14.0 Å². The van der Waals surface area contributed by atoms with E-state index >= 15 is 0 Å². The van der Waals surface area contributed by atoms with Gasteiger partial charge in [-0.25, -0.2) is 14.4 Å². The Bertz CT molecular complexity index is 1600. The maximum atomic E-state index is 13.5. The standard InChI is InChI=1S/C30H29ClFN5O5/c1-4-28(38)35-18(2)30(39)37-25-14-22-24(15-27(25)41-11-10-40-3)33-17-34-29(22)36-21-8-9-26(23(31)13-21)42-16-19-6-5-7-20(32)12-19/h4-9,12-15,17-18H,1,10-11,16H2,2-3H3,(H,35,38)(H,37,39)(H,33,34,36)/t18-/m0/s1. The topological polar surface area (TPSA) is 124 Å². The second kappa shape index (κ2) is 14.2. The highest BCUT2D eigenvalue weighted by Crippen LogP contribution is 2.35. The number of carbonyl (C=O) groups excluding carboxylic acids is 2. The molecule has 3 aromatic carbocycles. The van der Waals surface area contributed by atoms with Gasteiger partial charge in [0.15, 0.2) is 0 Å². The summed E-state index contributed by atoms with van der Waals surface area (Å²) in [7, 11) is 1.55. The van der Waals surface area contributed by atoms with Crippen LogP contribution in [0.25, 0.3) is 10.9 Å². The number of halogens is 2. The van der Waals surface area contributed by atoms with E-state index in [2.05, 4.69) is 32.5 Å². The summed E-state index contributed by atoms with van der Waals surface area (Å²) in [6.07, 6.45) is 2.48. The van der Waals surface area contributed by atoms with E-state index in [1.54, 1.807) is 56.5 Å². The lowest BCUT2D eigenvalue weighted by molar-refractivity contribution is -0.123. The van der Waals surface area contributed by atoms with E-state index in [1.807, 2.05) is 0 Å². The number of anilines is 3. The first kappa shape index (κ1) is 30.2. The zero-order valence-corrected chi connectivity index (χ0v) is 23.7. The van der Waals surface area contributed by atoms with Gasteiger partial charge in [0.25, 0.3) is 0 Å². The fourth-order valence-corrected chi connectivity index (χ4v) is 4.07. The van der Waals surface area contributed by atoms with Crippen molar-refractivity contribution in [1.29, 1.82) is 0 Å². The van der Waals surface area contributed by atoms with Crippen molar-refractivity contribution in [2.75, 3.05) is 31.0 Å². The highest BCUT2D eigenvalue weighted by Gasteiger charge is 2.19. The average Bonchev–Trinajstić information content (AvgIpc) is 2.97. The number of methoxy groups -OCH3 is 1. The molecule has 2 amide bonds. The molecule has 0 radical (unpaired) electrons. The molecule has 4 rings (SSSR count). The number of hydrogen-bond acceptors (Lipinski definition) is 8. The zero-order valence-electron chi connectivity index (χ0n) is 22.9. The van der Waals surface area contributed by atoms with Crippen LogP contribution in [0.1, 0.15) is 12.5 Å². The van der Waals surface area contributed by atoms with E-state index in [0.29, 0.717) is 56.8 Å². The first-order valence-corrected chi connectivity index (χ1v) is 13.2. The second-order valence-corrected chi connectivity index (χ2v) is 9.45. The van der Waals surface area contributed by atoms with Gasteiger partial charge < -0.3 is 30.2 Å². The molecule has 0 spiro atoms. The summed E-state index contributed by atoms with van der Waals surface area (Å²) in [6, 6.07) is 13.8. The van der Waals surface area contributed by atoms with Gasteiger partial charge in [-0.05, 0) is 55.0 Å². The number of benzene rings is 3. The largest absolute Gasteiger partial charge is 0.489 e. The van der Waals surface area contributed by atoms with Gasteiger partial charge in [-0.3, -0.25) is 9.59 Å². The molecule has 0 fully saturated rings. The van der Waals surface area contributed by atoms with Crippen LogP contribution in [0.4, 0.5) is 21.6 Å². The first-order valence-electron chi connectivity index (χ1n) is 12.9. The minimum Gasteiger partial charge on any atom is -0.489 e. The van der Waals surface area contributed by atoms with Gasteiger partial charge in [-0.15, -0.1) is 0 Å². The second-order valence-electron chi connectivity index (χ2n) is 9.04. The molecule has 4 aromatic rings. The SMILES string of the molecule is C=CC(=O)N[C@@H](C)C(=O)Nc1cc2c(Nc3ccc(OCc4cccc(F)c4)c(Cl)c3)ncnc2cc1OCCOC. The summed E-state index contributed by atoms with van der Waals surface area (Å²) in [4.78, 5) is 33.3. The molecule has 0 saturated carbocycles. The highest BCUT2D eigenvalue weighted by molar-refractivity contribution is 6.32. The Hall–Kier alpha value is -4.74. The number of amides is 2. The van der Waals surface area contributed by atoms with Crippen LogP contribution in [0.15, 0.2) is 73.6 Å². The van der Waals surface area contributed by atoms with Crippen molar-refractivity contribution in [2.45, 2.75) is 19.6 Å². The minimum absolute atomic E-state index is 0.153. The quantitative estimate of drug-likeness (QED) is 0.139. The molecule has 10 nitrogen and oxygen atoms in total. The van der Waals surface area contributed by atoms with Gasteiger partial charge in [-0.1, -0.05) is 30.3 Å². The lowest BCUT2D eigenvalue weighted by Crippen LogP contribution is -2.40. The van der Waals surface area contributed by atoms with Crippen molar-refractivity contribution >= 4 is 51.5 Å². The van der Waals surface area contributed by atoms with Crippen molar-refractivity contribution in [2.24, 2.45) is 0 Å². The fourth-order valence-electron chi connectivity index (χ4n) is 3.83. The number of hydrogen-bond donors (Lipinski definition) is 3. The zero-order chi connectivity index (χ0) is 30.1. The molecule has 1 atom stereocenters. The Balaban J connectivity index is 1.58. The third-order valence-electron chi connectivity index (χ3n) is 5.95. The van der Waals surface area contributed by atoms with Gasteiger partial charge in [-0.2, -0.15) is 0 Å². The maximum absolute atomic E-state index is 13.5. The van der Waals surface area contributed by atoms with Crippen LogP contribution in [0.3, 0.4) is 0 Å². The Morgan fingerprint density at radius 3 is 2.64 bits per heavy atom. The molecular formula is C30H29ClFN5O5. The Kier molecular flexibility index (Phi) is 10.2. The normalized spacial score (nSPS) is 11.4. The van der Waals surface area contributed by atoms with E-state index in [1.165, 1.54) is 18.5 Å². The molecule has 3 N–H and O–H groups in total. The van der Waals surface area contributed by atoms with Crippen LogP contribution in [-0.2, 0) is 20.9 Å². The fraction of sp³-hybridized carbons (Fsp3) is 0.200. The van der Waals surface area contributed by atoms with Crippen molar-refractivity contribution in [1.82, 2.24) is 15.3 Å². The van der Waals surface area contributed by atoms with Crippen LogP contribution in [0, 0.1) is 5.82 Å². The van der Waals surface area contributed by atoms with Gasteiger partial charge >= 0.3 is 0 Å². The Labute approximate surface area is 246 Å². The molecule has 0 aliphatic carbocycles. The highest BCUT2D eigenvalue weighted by atomic mass is 35.5. The van der Waals surface area contributed by atoms with Crippen molar-refractivity contribution < 1.29 is 28.2 Å². The molecule has 0 aliphatic rings. The number of fused-ring (bicyclic) bond motifs is 1. The van der Waals surface area contributed by atoms with Crippen LogP contribution in [-0.4, -0.2) is 48.1 Å². The van der Waals surface area contributed by atoms with Gasteiger partial charge in [0.1, 0.15) is 48.7 Å². The van der Waals surface area contributed by atoms with Crippen molar-refractivity contribution in [3.05, 3.63) is 90.0 Å². The Morgan fingerprint density at radius 2 is 1.90 bits per heavy atom. The van der Waals surface area contributed by atoms with Crippen LogP contribution in [0.2, 0.25) is 5.02 Å². The summed E-state index contributed by atoms with van der Waals surface area (Å²) in [5.41, 5.74) is 2.18. The van der Waals surface area contributed by atoms with Gasteiger partial charge in [0.05, 0.1) is 22.8 Å².